The first-order chi connectivity index (χ1) is 16.3. The minimum Gasteiger partial charge on any atom is -0.394 e. The van der Waals surface area contributed by atoms with Gasteiger partial charge in [0.25, 0.3) is 0 Å². The van der Waals surface area contributed by atoms with Crippen LogP contribution < -0.4 is 0 Å². The molecular formula is C26H42O9. The third-order valence-corrected chi connectivity index (χ3v) is 9.59. The SMILES string of the molecule is C=CC1(C)CCC2C(=CC(O)C3C2(C)CC(O)C(O)C3(C)COC2OC(CO)C(O)C(O)C2O)C1. The van der Waals surface area contributed by atoms with Gasteiger partial charge in [-0.1, -0.05) is 38.5 Å². The summed E-state index contributed by atoms with van der Waals surface area (Å²) in [6.07, 6.45) is -3.49. The molecule has 3 fully saturated rings. The lowest BCUT2D eigenvalue weighted by molar-refractivity contribution is -0.317. The molecule has 0 aromatic heterocycles. The van der Waals surface area contributed by atoms with Crippen LogP contribution in [0.25, 0.3) is 0 Å². The van der Waals surface area contributed by atoms with Crippen molar-refractivity contribution in [2.24, 2.45) is 28.1 Å². The number of rotatable bonds is 5. The average Bonchev–Trinajstić information content (AvgIpc) is 2.80. The van der Waals surface area contributed by atoms with Crippen LogP contribution in [0.2, 0.25) is 0 Å². The number of fused-ring (bicyclic) bond motifs is 3. The molecule has 1 saturated heterocycles. The van der Waals surface area contributed by atoms with Crippen molar-refractivity contribution in [2.45, 2.75) is 95.5 Å². The van der Waals surface area contributed by atoms with Gasteiger partial charge in [0.1, 0.15) is 24.4 Å². The quantitative estimate of drug-likeness (QED) is 0.256. The van der Waals surface area contributed by atoms with E-state index >= 15 is 0 Å². The van der Waals surface area contributed by atoms with Gasteiger partial charge in [-0.25, -0.2) is 0 Å². The maximum atomic E-state index is 11.4. The molecule has 0 aromatic carbocycles. The number of allylic oxidation sites excluding steroid dienone is 2. The first-order valence-corrected chi connectivity index (χ1v) is 12.6. The molecular weight excluding hydrogens is 456 g/mol. The highest BCUT2D eigenvalue weighted by molar-refractivity contribution is 5.29. The third-order valence-electron chi connectivity index (χ3n) is 9.59. The Balaban J connectivity index is 1.63. The van der Waals surface area contributed by atoms with E-state index in [2.05, 4.69) is 20.4 Å². The Kier molecular flexibility index (Phi) is 7.34. The first-order valence-electron chi connectivity index (χ1n) is 12.6. The molecule has 13 atom stereocenters. The zero-order valence-electron chi connectivity index (χ0n) is 20.8. The lowest BCUT2D eigenvalue weighted by Gasteiger charge is -2.63. The van der Waals surface area contributed by atoms with E-state index in [4.69, 9.17) is 9.47 Å². The molecule has 0 spiro atoms. The predicted octanol–water partition coefficient (Wildman–Crippen LogP) is -0.149. The fourth-order valence-corrected chi connectivity index (χ4v) is 7.60. The highest BCUT2D eigenvalue weighted by Crippen LogP contribution is 2.63. The molecule has 0 bridgehead atoms. The van der Waals surface area contributed by atoms with Gasteiger partial charge in [-0.3, -0.25) is 0 Å². The van der Waals surface area contributed by atoms with Crippen molar-refractivity contribution in [3.8, 4) is 0 Å². The Bertz CT molecular complexity index is 832. The first kappa shape index (κ1) is 27.2. The summed E-state index contributed by atoms with van der Waals surface area (Å²) in [4.78, 5) is 0. The van der Waals surface area contributed by atoms with Crippen LogP contribution in [0.3, 0.4) is 0 Å². The van der Waals surface area contributed by atoms with Crippen molar-refractivity contribution in [1.82, 2.24) is 0 Å². The number of aliphatic hydroxyl groups is 7. The molecule has 2 saturated carbocycles. The number of hydrogen-bond acceptors (Lipinski definition) is 9. The van der Waals surface area contributed by atoms with Crippen molar-refractivity contribution in [3.05, 3.63) is 24.3 Å². The Labute approximate surface area is 206 Å². The summed E-state index contributed by atoms with van der Waals surface area (Å²) in [5.41, 5.74) is -0.525. The van der Waals surface area contributed by atoms with Crippen LogP contribution in [0, 0.1) is 28.1 Å². The molecule has 3 aliphatic carbocycles. The van der Waals surface area contributed by atoms with E-state index < -0.39 is 72.4 Å². The lowest BCUT2D eigenvalue weighted by atomic mass is 9.44. The van der Waals surface area contributed by atoms with E-state index in [1.54, 1.807) is 6.92 Å². The fourth-order valence-electron chi connectivity index (χ4n) is 7.60. The molecule has 200 valence electrons. The van der Waals surface area contributed by atoms with Crippen LogP contribution in [0.5, 0.6) is 0 Å². The molecule has 0 aromatic rings. The van der Waals surface area contributed by atoms with Crippen molar-refractivity contribution in [1.29, 1.82) is 0 Å². The summed E-state index contributed by atoms with van der Waals surface area (Å²) in [6.45, 7) is 9.21. The Morgan fingerprint density at radius 2 is 1.77 bits per heavy atom. The molecule has 4 rings (SSSR count). The second-order valence-electron chi connectivity index (χ2n) is 12.1. The van der Waals surface area contributed by atoms with E-state index in [9.17, 15) is 35.7 Å². The van der Waals surface area contributed by atoms with Gasteiger partial charge in [-0.05, 0) is 42.4 Å². The third kappa shape index (κ3) is 4.32. The zero-order valence-corrected chi connectivity index (χ0v) is 20.8. The van der Waals surface area contributed by atoms with Gasteiger partial charge in [0.05, 0.1) is 31.5 Å². The molecule has 0 amide bonds. The van der Waals surface area contributed by atoms with Crippen molar-refractivity contribution < 1.29 is 45.2 Å². The van der Waals surface area contributed by atoms with Gasteiger partial charge in [0.2, 0.25) is 0 Å². The highest BCUT2D eigenvalue weighted by atomic mass is 16.7. The van der Waals surface area contributed by atoms with Crippen LogP contribution in [0.4, 0.5) is 0 Å². The van der Waals surface area contributed by atoms with E-state index in [1.165, 1.54) is 0 Å². The maximum absolute atomic E-state index is 11.4. The lowest BCUT2D eigenvalue weighted by Crippen LogP contribution is -2.66. The Hall–Kier alpha value is -0.880. The number of aliphatic hydroxyl groups excluding tert-OH is 7. The summed E-state index contributed by atoms with van der Waals surface area (Å²) in [7, 11) is 0. The fraction of sp³-hybridized carbons (Fsp3) is 0.846. The Morgan fingerprint density at radius 1 is 1.09 bits per heavy atom. The van der Waals surface area contributed by atoms with Gasteiger partial charge in [0.15, 0.2) is 6.29 Å². The molecule has 13 unspecified atom stereocenters. The van der Waals surface area contributed by atoms with Gasteiger partial charge >= 0.3 is 0 Å². The molecule has 9 nitrogen and oxygen atoms in total. The molecule has 7 N–H and O–H groups in total. The minimum absolute atomic E-state index is 0.0480. The summed E-state index contributed by atoms with van der Waals surface area (Å²) < 4.78 is 11.3. The molecule has 9 heteroatoms. The van der Waals surface area contributed by atoms with Crippen LogP contribution >= 0.6 is 0 Å². The van der Waals surface area contributed by atoms with Crippen molar-refractivity contribution in [2.75, 3.05) is 13.2 Å². The van der Waals surface area contributed by atoms with Crippen LogP contribution in [0.15, 0.2) is 24.3 Å². The Morgan fingerprint density at radius 3 is 2.40 bits per heavy atom. The molecule has 0 radical (unpaired) electrons. The molecule has 1 heterocycles. The average molecular weight is 499 g/mol. The van der Waals surface area contributed by atoms with Crippen LogP contribution in [-0.4, -0.2) is 98.0 Å². The predicted molar refractivity (Wildman–Crippen MR) is 126 cm³/mol. The highest BCUT2D eigenvalue weighted by Gasteiger charge is 2.64. The van der Waals surface area contributed by atoms with E-state index in [-0.39, 0.29) is 17.9 Å². The normalized spacial score (nSPS) is 54.4. The zero-order chi connectivity index (χ0) is 25.9. The molecule has 35 heavy (non-hydrogen) atoms. The van der Waals surface area contributed by atoms with Gasteiger partial charge in [-0.2, -0.15) is 0 Å². The second kappa shape index (κ2) is 9.45. The minimum atomic E-state index is -1.59. The summed E-state index contributed by atoms with van der Waals surface area (Å²) >= 11 is 0. The monoisotopic (exact) mass is 498 g/mol. The molecule has 1 aliphatic heterocycles. The topological polar surface area (TPSA) is 160 Å². The second-order valence-corrected chi connectivity index (χ2v) is 12.1. The van der Waals surface area contributed by atoms with Gasteiger partial charge in [-0.15, -0.1) is 6.58 Å². The summed E-state index contributed by atoms with van der Waals surface area (Å²) in [6, 6.07) is 0. The van der Waals surface area contributed by atoms with Crippen LogP contribution in [-0.2, 0) is 9.47 Å². The largest absolute Gasteiger partial charge is 0.394 e. The van der Waals surface area contributed by atoms with E-state index in [0.29, 0.717) is 6.42 Å². The van der Waals surface area contributed by atoms with Gasteiger partial charge < -0.3 is 45.2 Å². The van der Waals surface area contributed by atoms with Crippen LogP contribution in [0.1, 0.15) is 46.5 Å². The standard InChI is InChI=1S/C26H42O9/c1-5-24(2)7-6-14-13(9-24)8-15(28)21-25(14,3)10-16(29)22(33)26(21,4)12-34-23-20(32)19(31)18(30)17(11-27)35-23/h5,8,14-23,27-33H,1,6-7,9-12H2,2-4H3. The molecule has 4 aliphatic rings. The number of hydrogen-bond donors (Lipinski definition) is 7. The van der Waals surface area contributed by atoms with Crippen molar-refractivity contribution in [3.63, 3.8) is 0 Å². The summed E-state index contributed by atoms with van der Waals surface area (Å²) in [5, 5.41) is 73.5. The van der Waals surface area contributed by atoms with E-state index in [0.717, 1.165) is 24.8 Å². The van der Waals surface area contributed by atoms with Crippen molar-refractivity contribution >= 4 is 0 Å². The van der Waals surface area contributed by atoms with E-state index in [1.807, 2.05) is 12.2 Å². The maximum Gasteiger partial charge on any atom is 0.186 e. The van der Waals surface area contributed by atoms with Gasteiger partial charge in [0, 0.05) is 11.3 Å². The smallest absolute Gasteiger partial charge is 0.186 e. The number of ether oxygens (including phenoxy) is 2. The summed E-state index contributed by atoms with van der Waals surface area (Å²) in [5.74, 6) is -0.335.